The van der Waals surface area contributed by atoms with Crippen LogP contribution in [0.3, 0.4) is 0 Å². The molecule has 2 aromatic carbocycles. The van der Waals surface area contributed by atoms with Gasteiger partial charge in [0.05, 0.1) is 5.56 Å². The minimum absolute atomic E-state index is 0.0512. The van der Waals surface area contributed by atoms with E-state index in [9.17, 15) is 18.0 Å². The third-order valence-electron chi connectivity index (χ3n) is 4.96. The van der Waals surface area contributed by atoms with Gasteiger partial charge in [0, 0.05) is 37.7 Å². The summed E-state index contributed by atoms with van der Waals surface area (Å²) < 4.78 is 50.3. The fraction of sp³-hybridized carbons (Fsp3) is 0.350. The van der Waals surface area contributed by atoms with Crippen molar-refractivity contribution in [2.24, 2.45) is 0 Å². The lowest BCUT2D eigenvalue weighted by atomic mass is 10.1. The molecule has 0 aliphatic carbocycles. The molecule has 1 fully saturated rings. The Bertz CT molecular complexity index is 885. The van der Waals surface area contributed by atoms with E-state index in [4.69, 9.17) is 9.47 Å². The molecule has 1 unspecified atom stereocenters. The highest BCUT2D eigenvalue weighted by Crippen LogP contribution is 2.35. The summed E-state index contributed by atoms with van der Waals surface area (Å²) in [5.41, 5.74) is 0.329. The Labute approximate surface area is 160 Å². The largest absolute Gasteiger partial charge is 0.454 e. The number of nitrogens with one attached hydrogen (secondary N) is 1. The molecule has 5 nitrogen and oxygen atoms in total. The summed E-state index contributed by atoms with van der Waals surface area (Å²) in [5, 5.41) is 3.30. The molecule has 8 heteroatoms. The lowest BCUT2D eigenvalue weighted by molar-refractivity contribution is -0.139. The molecule has 1 amide bonds. The summed E-state index contributed by atoms with van der Waals surface area (Å²) in [7, 11) is 0. The highest BCUT2D eigenvalue weighted by atomic mass is 19.4. The van der Waals surface area contributed by atoms with Crippen LogP contribution in [0.4, 0.5) is 13.2 Å². The van der Waals surface area contributed by atoms with Crippen molar-refractivity contribution in [3.63, 3.8) is 0 Å². The van der Waals surface area contributed by atoms with Crippen LogP contribution in [-0.4, -0.2) is 30.2 Å². The van der Waals surface area contributed by atoms with Crippen LogP contribution < -0.4 is 14.8 Å². The molecule has 0 radical (unpaired) electrons. The Morgan fingerprint density at radius 1 is 1.07 bits per heavy atom. The first-order valence-electron chi connectivity index (χ1n) is 8.95. The van der Waals surface area contributed by atoms with Crippen LogP contribution in [0.1, 0.15) is 23.1 Å². The summed E-state index contributed by atoms with van der Waals surface area (Å²) in [6, 6.07) is 10.8. The van der Waals surface area contributed by atoms with Crippen LogP contribution in [0.15, 0.2) is 42.5 Å². The van der Waals surface area contributed by atoms with Crippen LogP contribution in [0.5, 0.6) is 11.5 Å². The fourth-order valence-electron chi connectivity index (χ4n) is 3.59. The van der Waals surface area contributed by atoms with Gasteiger partial charge in [-0.3, -0.25) is 4.79 Å². The first-order chi connectivity index (χ1) is 13.4. The van der Waals surface area contributed by atoms with Crippen molar-refractivity contribution in [2.45, 2.75) is 31.7 Å². The number of benzene rings is 2. The number of hydrogen-bond donors (Lipinski definition) is 1. The van der Waals surface area contributed by atoms with E-state index in [1.54, 1.807) is 6.07 Å². The molecule has 148 valence electrons. The van der Waals surface area contributed by atoms with E-state index in [0.717, 1.165) is 11.6 Å². The maximum atomic E-state index is 13.2. The number of likely N-dealkylation sites (tertiary alicyclic amines) is 1. The quantitative estimate of drug-likeness (QED) is 0.848. The van der Waals surface area contributed by atoms with E-state index in [2.05, 4.69) is 5.32 Å². The van der Waals surface area contributed by atoms with Gasteiger partial charge in [-0.25, -0.2) is 0 Å². The van der Waals surface area contributed by atoms with Crippen molar-refractivity contribution in [2.75, 3.05) is 13.3 Å². The van der Waals surface area contributed by atoms with Crippen molar-refractivity contribution in [1.82, 2.24) is 10.2 Å². The SMILES string of the molecule is O=C1CC(NCc2cccc3c2OCO3)CN1Cc1ccccc1C(F)(F)F. The summed E-state index contributed by atoms with van der Waals surface area (Å²) in [5.74, 6) is 1.22. The number of amides is 1. The van der Waals surface area contributed by atoms with E-state index < -0.39 is 11.7 Å². The van der Waals surface area contributed by atoms with Gasteiger partial charge < -0.3 is 19.7 Å². The molecule has 2 aliphatic rings. The highest BCUT2D eigenvalue weighted by Gasteiger charge is 2.35. The standard InChI is InChI=1S/C20H19F3N2O3/c21-20(22,23)16-6-2-1-4-14(16)10-25-11-15(8-18(25)26)24-9-13-5-3-7-17-19(13)28-12-27-17/h1-7,15,24H,8-12H2. The van der Waals surface area contributed by atoms with Crippen LogP contribution in [0, 0.1) is 0 Å². The van der Waals surface area contributed by atoms with Crippen LogP contribution in [0.25, 0.3) is 0 Å². The van der Waals surface area contributed by atoms with E-state index in [-0.39, 0.29) is 37.3 Å². The van der Waals surface area contributed by atoms with Gasteiger partial charge in [0.1, 0.15) is 0 Å². The molecule has 1 saturated heterocycles. The molecule has 0 bridgehead atoms. The predicted octanol–water partition coefficient (Wildman–Crippen LogP) is 3.32. The maximum Gasteiger partial charge on any atom is 0.416 e. The normalized spacial score (nSPS) is 18.8. The van der Waals surface area contributed by atoms with Crippen molar-refractivity contribution in [3.05, 3.63) is 59.2 Å². The number of carbonyl (C=O) groups is 1. The number of halogens is 3. The molecular formula is C20H19F3N2O3. The number of carbonyl (C=O) groups excluding carboxylic acids is 1. The lowest BCUT2D eigenvalue weighted by Crippen LogP contribution is -2.32. The second kappa shape index (κ2) is 7.35. The van der Waals surface area contributed by atoms with Gasteiger partial charge in [-0.2, -0.15) is 13.2 Å². The van der Waals surface area contributed by atoms with Gasteiger partial charge in [0.25, 0.3) is 0 Å². The first-order valence-corrected chi connectivity index (χ1v) is 8.95. The minimum atomic E-state index is -4.44. The van der Waals surface area contributed by atoms with Gasteiger partial charge in [-0.05, 0) is 17.7 Å². The zero-order valence-corrected chi connectivity index (χ0v) is 15.0. The molecule has 1 atom stereocenters. The Kier molecular flexibility index (Phi) is 4.89. The summed E-state index contributed by atoms with van der Waals surface area (Å²) in [6.07, 6.45) is -4.19. The van der Waals surface area contributed by atoms with Crippen LogP contribution in [0.2, 0.25) is 0 Å². The molecule has 2 aromatic rings. The lowest BCUT2D eigenvalue weighted by Gasteiger charge is -2.20. The average Bonchev–Trinajstić information content (AvgIpc) is 3.26. The number of nitrogens with zero attached hydrogens (tertiary/aromatic N) is 1. The molecule has 28 heavy (non-hydrogen) atoms. The third-order valence-corrected chi connectivity index (χ3v) is 4.96. The smallest absolute Gasteiger partial charge is 0.416 e. The molecule has 0 spiro atoms. The molecule has 2 heterocycles. The van der Waals surface area contributed by atoms with Gasteiger partial charge in [-0.1, -0.05) is 30.3 Å². The number of fused-ring (bicyclic) bond motifs is 1. The number of ether oxygens (including phenoxy) is 2. The van der Waals surface area contributed by atoms with E-state index in [1.165, 1.54) is 17.0 Å². The van der Waals surface area contributed by atoms with Gasteiger partial charge in [0.15, 0.2) is 11.5 Å². The Morgan fingerprint density at radius 3 is 2.68 bits per heavy atom. The molecule has 0 aromatic heterocycles. The van der Waals surface area contributed by atoms with Crippen LogP contribution in [-0.2, 0) is 24.1 Å². The molecule has 0 saturated carbocycles. The zero-order valence-electron chi connectivity index (χ0n) is 15.0. The van der Waals surface area contributed by atoms with E-state index in [0.29, 0.717) is 24.6 Å². The Morgan fingerprint density at radius 2 is 1.86 bits per heavy atom. The second-order valence-electron chi connectivity index (χ2n) is 6.86. The van der Waals surface area contributed by atoms with Crippen molar-refractivity contribution < 1.29 is 27.4 Å². The van der Waals surface area contributed by atoms with Crippen molar-refractivity contribution in [1.29, 1.82) is 0 Å². The summed E-state index contributed by atoms with van der Waals surface area (Å²) in [6.45, 7) is 0.972. The number of rotatable bonds is 5. The first kappa shape index (κ1) is 18.6. The van der Waals surface area contributed by atoms with Crippen molar-refractivity contribution in [3.8, 4) is 11.5 Å². The second-order valence-corrected chi connectivity index (χ2v) is 6.86. The number of alkyl halides is 3. The molecular weight excluding hydrogens is 373 g/mol. The zero-order chi connectivity index (χ0) is 19.7. The fourth-order valence-corrected chi connectivity index (χ4v) is 3.59. The van der Waals surface area contributed by atoms with Gasteiger partial charge in [0.2, 0.25) is 12.7 Å². The predicted molar refractivity (Wildman–Crippen MR) is 94.7 cm³/mol. The topological polar surface area (TPSA) is 50.8 Å². The van der Waals surface area contributed by atoms with Gasteiger partial charge in [-0.15, -0.1) is 0 Å². The van der Waals surface area contributed by atoms with Crippen LogP contribution >= 0.6 is 0 Å². The van der Waals surface area contributed by atoms with E-state index in [1.807, 2.05) is 18.2 Å². The Hall–Kier alpha value is -2.74. The van der Waals surface area contributed by atoms with Crippen molar-refractivity contribution >= 4 is 5.91 Å². The average molecular weight is 392 g/mol. The molecule has 1 N–H and O–H groups in total. The number of hydrogen-bond acceptors (Lipinski definition) is 4. The monoisotopic (exact) mass is 392 g/mol. The maximum absolute atomic E-state index is 13.2. The molecule has 2 aliphatic heterocycles. The van der Waals surface area contributed by atoms with Gasteiger partial charge >= 0.3 is 6.18 Å². The van der Waals surface area contributed by atoms with E-state index >= 15 is 0 Å². The molecule has 4 rings (SSSR count). The summed E-state index contributed by atoms with van der Waals surface area (Å²) >= 11 is 0. The Balaban J connectivity index is 1.40. The highest BCUT2D eigenvalue weighted by molar-refractivity contribution is 5.79. The minimum Gasteiger partial charge on any atom is -0.454 e. The summed E-state index contributed by atoms with van der Waals surface area (Å²) in [4.78, 5) is 13.8. The number of para-hydroxylation sites is 1. The third kappa shape index (κ3) is 3.77.